The average molecular weight is 154 g/mol. The fraction of sp³-hybridized carbons (Fsp3) is 0.875. The third kappa shape index (κ3) is 1.13. The maximum Gasteiger partial charge on any atom is 0.236 e. The largest absolute Gasteiger partial charge is 0.343 e. The van der Waals surface area contributed by atoms with E-state index in [2.05, 4.69) is 4.90 Å². The number of carbonyl (C=O) groups excluding carboxylic acids is 1. The number of fused-ring (bicyclic) bond motifs is 1. The normalized spacial score (nSPS) is 32.6. The lowest BCUT2D eigenvalue weighted by Crippen LogP contribution is -2.51. The van der Waals surface area contributed by atoms with Gasteiger partial charge in [-0.3, -0.25) is 9.69 Å². The van der Waals surface area contributed by atoms with E-state index in [1.54, 1.807) is 0 Å². The molecule has 0 aliphatic carbocycles. The highest BCUT2D eigenvalue weighted by molar-refractivity contribution is 5.78. The third-order valence-electron chi connectivity index (χ3n) is 2.75. The quantitative estimate of drug-likeness (QED) is 0.487. The molecule has 2 rings (SSSR count). The first-order valence-electron chi connectivity index (χ1n) is 4.25. The molecule has 0 spiro atoms. The molecule has 0 unspecified atom stereocenters. The first kappa shape index (κ1) is 7.10. The smallest absolute Gasteiger partial charge is 0.236 e. The van der Waals surface area contributed by atoms with Gasteiger partial charge in [-0.25, -0.2) is 0 Å². The Balaban J connectivity index is 2.06. The second kappa shape index (κ2) is 2.48. The fourth-order valence-corrected chi connectivity index (χ4v) is 2.02. The molecule has 2 heterocycles. The first-order valence-corrected chi connectivity index (χ1v) is 4.25. The molecule has 1 atom stereocenters. The number of hydrogen-bond acceptors (Lipinski definition) is 2. The van der Waals surface area contributed by atoms with Crippen LogP contribution < -0.4 is 0 Å². The van der Waals surface area contributed by atoms with Gasteiger partial charge in [-0.2, -0.15) is 0 Å². The number of amides is 1. The van der Waals surface area contributed by atoms with E-state index in [1.807, 2.05) is 11.9 Å². The van der Waals surface area contributed by atoms with Crippen LogP contribution in [0.4, 0.5) is 0 Å². The van der Waals surface area contributed by atoms with E-state index in [1.165, 1.54) is 12.8 Å². The summed E-state index contributed by atoms with van der Waals surface area (Å²) in [7, 11) is 1.90. The van der Waals surface area contributed by atoms with Crippen molar-refractivity contribution in [2.24, 2.45) is 0 Å². The molecule has 0 aromatic rings. The summed E-state index contributed by atoms with van der Waals surface area (Å²) in [4.78, 5) is 15.4. The Morgan fingerprint density at radius 1 is 1.55 bits per heavy atom. The minimum Gasteiger partial charge on any atom is -0.343 e. The van der Waals surface area contributed by atoms with Crippen LogP contribution in [0.3, 0.4) is 0 Å². The summed E-state index contributed by atoms with van der Waals surface area (Å²) in [6, 6.07) is 0.665. The van der Waals surface area contributed by atoms with E-state index in [-0.39, 0.29) is 5.91 Å². The van der Waals surface area contributed by atoms with Gasteiger partial charge in [0.2, 0.25) is 5.91 Å². The molecule has 2 fully saturated rings. The van der Waals surface area contributed by atoms with Crippen LogP contribution in [0.2, 0.25) is 0 Å². The van der Waals surface area contributed by atoms with Gasteiger partial charge in [-0.15, -0.1) is 0 Å². The Morgan fingerprint density at radius 2 is 2.36 bits per heavy atom. The highest BCUT2D eigenvalue weighted by atomic mass is 16.2. The Bertz CT molecular complexity index is 181. The van der Waals surface area contributed by atoms with Gasteiger partial charge in [0.15, 0.2) is 0 Å². The Hall–Kier alpha value is -0.570. The molecule has 3 nitrogen and oxygen atoms in total. The Morgan fingerprint density at radius 3 is 3.18 bits per heavy atom. The number of piperazine rings is 1. The van der Waals surface area contributed by atoms with E-state index in [0.29, 0.717) is 12.6 Å². The topological polar surface area (TPSA) is 23.6 Å². The lowest BCUT2D eigenvalue weighted by Gasteiger charge is -2.34. The molecule has 2 aliphatic rings. The van der Waals surface area contributed by atoms with Crippen molar-refractivity contribution in [3.05, 3.63) is 0 Å². The van der Waals surface area contributed by atoms with Gasteiger partial charge in [0, 0.05) is 19.6 Å². The van der Waals surface area contributed by atoms with Crippen molar-refractivity contribution in [1.29, 1.82) is 0 Å². The van der Waals surface area contributed by atoms with Crippen LogP contribution in [-0.2, 0) is 4.79 Å². The van der Waals surface area contributed by atoms with Gasteiger partial charge in [-0.1, -0.05) is 0 Å². The van der Waals surface area contributed by atoms with Crippen LogP contribution in [0.25, 0.3) is 0 Å². The average Bonchev–Trinajstić information content (AvgIpc) is 2.36. The zero-order valence-corrected chi connectivity index (χ0v) is 6.92. The number of likely N-dealkylation sites (N-methyl/N-ethyl adjacent to an activating group) is 1. The maximum atomic E-state index is 11.2. The standard InChI is InChI=1S/C8H14N2O/c1-9-5-7-3-2-4-10(7)6-8(9)11/h7H,2-6H2,1H3/t7-/m1/s1. The molecule has 2 aliphatic heterocycles. The van der Waals surface area contributed by atoms with Gasteiger partial charge in [0.1, 0.15) is 0 Å². The summed E-state index contributed by atoms with van der Waals surface area (Å²) in [6.07, 6.45) is 2.55. The molecular formula is C8H14N2O. The lowest BCUT2D eigenvalue weighted by molar-refractivity contribution is -0.135. The zero-order valence-electron chi connectivity index (χ0n) is 6.92. The monoisotopic (exact) mass is 154 g/mol. The van der Waals surface area contributed by atoms with Crippen molar-refractivity contribution < 1.29 is 4.79 Å². The molecule has 0 bridgehead atoms. The molecule has 0 aromatic heterocycles. The van der Waals surface area contributed by atoms with Gasteiger partial charge in [0.25, 0.3) is 0 Å². The molecule has 2 saturated heterocycles. The maximum absolute atomic E-state index is 11.2. The highest BCUT2D eigenvalue weighted by Gasteiger charge is 2.32. The van der Waals surface area contributed by atoms with Crippen LogP contribution in [0.1, 0.15) is 12.8 Å². The molecular weight excluding hydrogens is 140 g/mol. The second-order valence-corrected chi connectivity index (χ2v) is 3.54. The third-order valence-corrected chi connectivity index (χ3v) is 2.75. The van der Waals surface area contributed by atoms with E-state index in [4.69, 9.17) is 0 Å². The Labute approximate surface area is 67.0 Å². The fourth-order valence-electron chi connectivity index (χ4n) is 2.02. The van der Waals surface area contributed by atoms with Crippen molar-refractivity contribution >= 4 is 5.91 Å². The van der Waals surface area contributed by atoms with Crippen molar-refractivity contribution in [3.8, 4) is 0 Å². The minimum atomic E-state index is 0.281. The van der Waals surface area contributed by atoms with E-state index >= 15 is 0 Å². The molecule has 0 radical (unpaired) electrons. The van der Waals surface area contributed by atoms with Crippen LogP contribution >= 0.6 is 0 Å². The number of carbonyl (C=O) groups is 1. The Kier molecular flexibility index (Phi) is 1.60. The van der Waals surface area contributed by atoms with E-state index in [9.17, 15) is 4.79 Å². The van der Waals surface area contributed by atoms with Gasteiger partial charge < -0.3 is 4.90 Å². The summed E-state index contributed by atoms with van der Waals surface area (Å²) in [6.45, 7) is 2.73. The molecule has 11 heavy (non-hydrogen) atoms. The summed E-state index contributed by atoms with van der Waals surface area (Å²) < 4.78 is 0. The first-order chi connectivity index (χ1) is 5.27. The summed E-state index contributed by atoms with van der Waals surface area (Å²) in [5.74, 6) is 0.281. The van der Waals surface area contributed by atoms with Crippen molar-refractivity contribution in [1.82, 2.24) is 9.80 Å². The highest BCUT2D eigenvalue weighted by Crippen LogP contribution is 2.20. The van der Waals surface area contributed by atoms with Crippen LogP contribution in [0.15, 0.2) is 0 Å². The minimum absolute atomic E-state index is 0.281. The predicted octanol–water partition coefficient (Wildman–Crippen LogP) is -0.0772. The molecule has 3 heteroatoms. The lowest BCUT2D eigenvalue weighted by atomic mass is 10.2. The molecule has 0 N–H and O–H groups in total. The summed E-state index contributed by atoms with van der Waals surface area (Å²) in [5.41, 5.74) is 0. The second-order valence-electron chi connectivity index (χ2n) is 3.54. The molecule has 0 saturated carbocycles. The van der Waals surface area contributed by atoms with Crippen molar-refractivity contribution in [3.63, 3.8) is 0 Å². The molecule has 1 amide bonds. The van der Waals surface area contributed by atoms with Crippen molar-refractivity contribution in [2.45, 2.75) is 18.9 Å². The SMILES string of the molecule is CN1C[C@H]2CCCN2CC1=O. The van der Waals surface area contributed by atoms with Gasteiger partial charge >= 0.3 is 0 Å². The molecule has 62 valence electrons. The van der Waals surface area contributed by atoms with Crippen LogP contribution in [-0.4, -0.2) is 48.4 Å². The number of rotatable bonds is 0. The van der Waals surface area contributed by atoms with E-state index in [0.717, 1.165) is 13.1 Å². The van der Waals surface area contributed by atoms with Crippen LogP contribution in [0, 0.1) is 0 Å². The zero-order chi connectivity index (χ0) is 7.84. The van der Waals surface area contributed by atoms with Gasteiger partial charge in [0.05, 0.1) is 6.54 Å². The van der Waals surface area contributed by atoms with E-state index < -0.39 is 0 Å². The van der Waals surface area contributed by atoms with Crippen molar-refractivity contribution in [2.75, 3.05) is 26.7 Å². The number of nitrogens with zero attached hydrogens (tertiary/aromatic N) is 2. The molecule has 0 aromatic carbocycles. The number of hydrogen-bond donors (Lipinski definition) is 0. The predicted molar refractivity (Wildman–Crippen MR) is 42.2 cm³/mol. The summed E-state index contributed by atoms with van der Waals surface area (Å²) in [5, 5.41) is 0. The summed E-state index contributed by atoms with van der Waals surface area (Å²) >= 11 is 0. The van der Waals surface area contributed by atoms with Gasteiger partial charge in [-0.05, 0) is 19.4 Å². The van der Waals surface area contributed by atoms with Crippen LogP contribution in [0.5, 0.6) is 0 Å².